The summed E-state index contributed by atoms with van der Waals surface area (Å²) in [7, 11) is 0. The van der Waals surface area contributed by atoms with Gasteiger partial charge in [0.25, 0.3) is 0 Å². The highest BCUT2D eigenvalue weighted by Gasteiger charge is 2.27. The first kappa shape index (κ1) is 11.7. The summed E-state index contributed by atoms with van der Waals surface area (Å²) >= 11 is 0. The van der Waals surface area contributed by atoms with Crippen LogP contribution < -0.4 is 0 Å². The molecule has 0 amide bonds. The minimum atomic E-state index is -1.16. The third kappa shape index (κ3) is 2.68. The lowest BCUT2D eigenvalue weighted by molar-refractivity contribution is 0.0295. The highest BCUT2D eigenvalue weighted by molar-refractivity contribution is 5.08. The molecule has 0 aliphatic rings. The van der Waals surface area contributed by atoms with Crippen molar-refractivity contribution in [2.45, 2.75) is 25.6 Å². The van der Waals surface area contributed by atoms with Gasteiger partial charge in [0.15, 0.2) is 0 Å². The molecular formula is C10H14FN5O. The van der Waals surface area contributed by atoms with Crippen LogP contribution in [-0.2, 0) is 18.7 Å². The molecule has 6 nitrogen and oxygen atoms in total. The van der Waals surface area contributed by atoms with E-state index in [0.29, 0.717) is 5.69 Å². The van der Waals surface area contributed by atoms with E-state index in [2.05, 4.69) is 15.2 Å². The second-order valence-corrected chi connectivity index (χ2v) is 4.02. The normalized spacial score (nSPS) is 14.8. The van der Waals surface area contributed by atoms with Gasteiger partial charge < -0.3 is 5.11 Å². The van der Waals surface area contributed by atoms with Gasteiger partial charge >= 0.3 is 0 Å². The highest BCUT2D eigenvalue weighted by Crippen LogP contribution is 2.20. The Morgan fingerprint density at radius 1 is 1.47 bits per heavy atom. The zero-order valence-corrected chi connectivity index (χ0v) is 9.49. The zero-order valence-electron chi connectivity index (χ0n) is 9.49. The molecule has 0 aromatic carbocycles. The molecule has 0 saturated carbocycles. The fourth-order valence-corrected chi connectivity index (χ4v) is 1.57. The lowest BCUT2D eigenvalue weighted by Gasteiger charge is -2.20. The van der Waals surface area contributed by atoms with Gasteiger partial charge in [-0.15, -0.1) is 0 Å². The average Bonchev–Trinajstić information content (AvgIpc) is 2.88. The van der Waals surface area contributed by atoms with Crippen molar-refractivity contribution in [2.75, 3.05) is 6.67 Å². The van der Waals surface area contributed by atoms with E-state index in [-0.39, 0.29) is 13.1 Å². The largest absolute Gasteiger partial charge is 0.382 e. The summed E-state index contributed by atoms with van der Waals surface area (Å²) in [6.45, 7) is 1.60. The van der Waals surface area contributed by atoms with Gasteiger partial charge in [0.2, 0.25) is 0 Å². The Labute approximate surface area is 97.7 Å². The summed E-state index contributed by atoms with van der Waals surface area (Å²) in [6, 6.07) is 1.67. The summed E-state index contributed by atoms with van der Waals surface area (Å²) in [6.07, 6.45) is 4.57. The van der Waals surface area contributed by atoms with E-state index in [4.69, 9.17) is 0 Å². The fourth-order valence-electron chi connectivity index (χ4n) is 1.57. The van der Waals surface area contributed by atoms with Crippen LogP contribution in [0.3, 0.4) is 0 Å². The van der Waals surface area contributed by atoms with Crippen molar-refractivity contribution in [3.8, 4) is 0 Å². The average molecular weight is 239 g/mol. The molecule has 0 bridgehead atoms. The van der Waals surface area contributed by atoms with Gasteiger partial charge in [-0.2, -0.15) is 10.2 Å². The van der Waals surface area contributed by atoms with Crippen molar-refractivity contribution < 1.29 is 9.50 Å². The third-order valence-corrected chi connectivity index (χ3v) is 2.44. The smallest absolute Gasteiger partial charge is 0.137 e. The minimum Gasteiger partial charge on any atom is -0.382 e. The monoisotopic (exact) mass is 239 g/mol. The number of halogens is 1. The molecule has 17 heavy (non-hydrogen) atoms. The van der Waals surface area contributed by atoms with Crippen molar-refractivity contribution >= 4 is 0 Å². The second kappa shape index (κ2) is 4.62. The third-order valence-electron chi connectivity index (χ3n) is 2.44. The summed E-state index contributed by atoms with van der Waals surface area (Å²) in [5, 5.41) is 18.3. The van der Waals surface area contributed by atoms with Crippen LogP contribution in [0.5, 0.6) is 0 Å². The number of aromatic nitrogens is 5. The molecule has 2 aromatic heterocycles. The van der Waals surface area contributed by atoms with Gasteiger partial charge in [-0.25, -0.2) is 14.1 Å². The van der Waals surface area contributed by atoms with Crippen LogP contribution in [0.15, 0.2) is 24.9 Å². The van der Waals surface area contributed by atoms with Crippen LogP contribution in [-0.4, -0.2) is 36.3 Å². The van der Waals surface area contributed by atoms with Gasteiger partial charge in [0.1, 0.15) is 24.9 Å². The topological polar surface area (TPSA) is 68.8 Å². The number of nitrogens with zero attached hydrogens (tertiary/aromatic N) is 5. The number of alkyl halides is 1. The predicted molar refractivity (Wildman–Crippen MR) is 57.8 cm³/mol. The number of hydrogen-bond acceptors (Lipinski definition) is 4. The van der Waals surface area contributed by atoms with Crippen molar-refractivity contribution in [1.82, 2.24) is 24.5 Å². The summed E-state index contributed by atoms with van der Waals surface area (Å²) in [4.78, 5) is 3.80. The van der Waals surface area contributed by atoms with Gasteiger partial charge in [0.05, 0.1) is 18.8 Å². The Bertz CT molecular complexity index is 465. The Balaban J connectivity index is 2.13. The standard InChI is InChI=1S/C10H14FN5O/c1-10(17,6-16-8-12-7-13-16)9-2-4-15(14-9)5-3-11/h2,4,7-8,17H,3,5-6H2,1H3/t10-/m0/s1. The quantitative estimate of drug-likeness (QED) is 0.817. The van der Waals surface area contributed by atoms with Gasteiger partial charge in [-0.3, -0.25) is 4.68 Å². The van der Waals surface area contributed by atoms with Crippen LogP contribution in [0.1, 0.15) is 12.6 Å². The Morgan fingerprint density at radius 2 is 2.29 bits per heavy atom. The van der Waals surface area contributed by atoms with Crippen LogP contribution in [0.25, 0.3) is 0 Å². The van der Waals surface area contributed by atoms with E-state index in [0.717, 1.165) is 0 Å². The van der Waals surface area contributed by atoms with Crippen LogP contribution in [0, 0.1) is 0 Å². The van der Waals surface area contributed by atoms with E-state index in [1.54, 1.807) is 19.2 Å². The van der Waals surface area contributed by atoms with Crippen molar-refractivity contribution in [1.29, 1.82) is 0 Å². The minimum absolute atomic E-state index is 0.194. The summed E-state index contributed by atoms with van der Waals surface area (Å²) in [5.74, 6) is 0. The van der Waals surface area contributed by atoms with Crippen LogP contribution in [0.4, 0.5) is 4.39 Å². The Kier molecular flexibility index (Phi) is 3.19. The van der Waals surface area contributed by atoms with E-state index in [1.165, 1.54) is 22.0 Å². The second-order valence-electron chi connectivity index (χ2n) is 4.02. The summed E-state index contributed by atoms with van der Waals surface area (Å²) < 4.78 is 15.1. The molecule has 2 aromatic rings. The molecule has 0 fully saturated rings. The molecule has 1 atom stereocenters. The molecule has 0 saturated heterocycles. The fraction of sp³-hybridized carbons (Fsp3) is 0.500. The Hall–Kier alpha value is -1.76. The molecule has 7 heteroatoms. The maximum absolute atomic E-state index is 12.1. The van der Waals surface area contributed by atoms with Crippen LogP contribution in [0.2, 0.25) is 0 Å². The van der Waals surface area contributed by atoms with E-state index < -0.39 is 12.3 Å². The first-order valence-corrected chi connectivity index (χ1v) is 5.26. The van der Waals surface area contributed by atoms with Crippen molar-refractivity contribution in [3.05, 3.63) is 30.6 Å². The van der Waals surface area contributed by atoms with Crippen molar-refractivity contribution in [3.63, 3.8) is 0 Å². The number of hydrogen-bond donors (Lipinski definition) is 1. The van der Waals surface area contributed by atoms with Crippen molar-refractivity contribution in [2.24, 2.45) is 0 Å². The molecule has 2 heterocycles. The molecule has 2 rings (SSSR count). The molecule has 0 spiro atoms. The molecule has 92 valence electrons. The lowest BCUT2D eigenvalue weighted by Crippen LogP contribution is -2.28. The number of rotatable bonds is 5. The first-order chi connectivity index (χ1) is 8.12. The lowest BCUT2D eigenvalue weighted by atomic mass is 10.0. The Morgan fingerprint density at radius 3 is 2.94 bits per heavy atom. The van der Waals surface area contributed by atoms with Crippen LogP contribution >= 0.6 is 0 Å². The molecule has 0 aliphatic heterocycles. The molecule has 0 radical (unpaired) electrons. The SMILES string of the molecule is C[C@](O)(Cn1cncn1)c1ccn(CCF)n1. The van der Waals surface area contributed by atoms with Gasteiger partial charge in [-0.1, -0.05) is 0 Å². The van der Waals surface area contributed by atoms with E-state index >= 15 is 0 Å². The van der Waals surface area contributed by atoms with E-state index in [1.807, 2.05) is 0 Å². The predicted octanol–water partition coefficient (Wildman–Crippen LogP) is 0.352. The molecule has 0 unspecified atom stereocenters. The van der Waals surface area contributed by atoms with Gasteiger partial charge in [0, 0.05) is 6.20 Å². The highest BCUT2D eigenvalue weighted by atomic mass is 19.1. The number of aliphatic hydroxyl groups is 1. The molecule has 0 aliphatic carbocycles. The maximum Gasteiger partial charge on any atom is 0.137 e. The molecular weight excluding hydrogens is 225 g/mol. The maximum atomic E-state index is 12.1. The first-order valence-electron chi connectivity index (χ1n) is 5.26. The van der Waals surface area contributed by atoms with Gasteiger partial charge in [-0.05, 0) is 13.0 Å². The molecule has 1 N–H and O–H groups in total. The summed E-state index contributed by atoms with van der Waals surface area (Å²) in [5.41, 5.74) is -0.670. The number of aryl methyl sites for hydroxylation is 1. The zero-order chi connectivity index (χ0) is 12.3. The van der Waals surface area contributed by atoms with E-state index in [9.17, 15) is 9.50 Å².